The molecule has 0 fully saturated rings. The van der Waals surface area contributed by atoms with Gasteiger partial charge in [-0.25, -0.2) is 0 Å². The number of hydrogen-bond donors (Lipinski definition) is 1. The Morgan fingerprint density at radius 1 is 1.20 bits per heavy atom. The van der Waals surface area contributed by atoms with Crippen molar-refractivity contribution in [2.45, 2.75) is 18.7 Å². The summed E-state index contributed by atoms with van der Waals surface area (Å²) in [5, 5.41) is 3.64. The zero-order chi connectivity index (χ0) is 13.8. The summed E-state index contributed by atoms with van der Waals surface area (Å²) in [6.45, 7) is 2.71. The summed E-state index contributed by atoms with van der Waals surface area (Å²) < 4.78 is 5.56. The van der Waals surface area contributed by atoms with Crippen molar-refractivity contribution in [3.63, 3.8) is 0 Å². The van der Waals surface area contributed by atoms with Crippen LogP contribution in [0, 0.1) is 0 Å². The SMILES string of the molecule is CCOc1cccc(NC2CSCc3ccccc32)c1. The first-order valence-corrected chi connectivity index (χ1v) is 8.17. The molecule has 1 atom stereocenters. The topological polar surface area (TPSA) is 21.3 Å². The summed E-state index contributed by atoms with van der Waals surface area (Å²) in [5.74, 6) is 3.15. The average Bonchev–Trinajstić information content (AvgIpc) is 2.48. The molecular formula is C17H19NOS. The highest BCUT2D eigenvalue weighted by atomic mass is 32.2. The van der Waals surface area contributed by atoms with E-state index in [1.807, 2.05) is 30.8 Å². The van der Waals surface area contributed by atoms with Gasteiger partial charge in [-0.3, -0.25) is 0 Å². The van der Waals surface area contributed by atoms with Crippen LogP contribution < -0.4 is 10.1 Å². The van der Waals surface area contributed by atoms with Crippen LogP contribution in [-0.2, 0) is 5.75 Å². The minimum atomic E-state index is 0.377. The van der Waals surface area contributed by atoms with Crippen molar-refractivity contribution in [2.75, 3.05) is 17.7 Å². The lowest BCUT2D eigenvalue weighted by molar-refractivity contribution is 0.340. The maximum atomic E-state index is 5.56. The fourth-order valence-electron chi connectivity index (χ4n) is 2.55. The number of thioether (sulfide) groups is 1. The molecule has 2 nitrogen and oxygen atoms in total. The van der Waals surface area contributed by atoms with Gasteiger partial charge < -0.3 is 10.1 Å². The minimum absolute atomic E-state index is 0.377. The van der Waals surface area contributed by atoms with E-state index in [9.17, 15) is 0 Å². The van der Waals surface area contributed by atoms with E-state index in [2.05, 4.69) is 41.7 Å². The highest BCUT2D eigenvalue weighted by Crippen LogP contribution is 2.34. The Labute approximate surface area is 124 Å². The first-order chi connectivity index (χ1) is 9.86. The molecule has 0 aromatic heterocycles. The number of fused-ring (bicyclic) bond motifs is 1. The molecule has 0 saturated carbocycles. The summed E-state index contributed by atoms with van der Waals surface area (Å²) in [6, 6.07) is 17.3. The van der Waals surface area contributed by atoms with Crippen molar-refractivity contribution >= 4 is 17.4 Å². The van der Waals surface area contributed by atoms with E-state index >= 15 is 0 Å². The molecule has 1 aliphatic rings. The van der Waals surface area contributed by atoms with E-state index < -0.39 is 0 Å². The molecule has 1 unspecified atom stereocenters. The number of hydrogen-bond acceptors (Lipinski definition) is 3. The van der Waals surface area contributed by atoms with Crippen LogP contribution in [0.4, 0.5) is 5.69 Å². The molecule has 0 spiro atoms. The molecule has 1 heterocycles. The summed E-state index contributed by atoms with van der Waals surface area (Å²) in [4.78, 5) is 0. The van der Waals surface area contributed by atoms with Crippen LogP contribution in [0.3, 0.4) is 0 Å². The Balaban J connectivity index is 1.80. The van der Waals surface area contributed by atoms with Gasteiger partial charge in [-0.05, 0) is 30.2 Å². The fourth-order valence-corrected chi connectivity index (χ4v) is 3.64. The van der Waals surface area contributed by atoms with Gasteiger partial charge in [0.2, 0.25) is 0 Å². The Morgan fingerprint density at radius 3 is 3.00 bits per heavy atom. The monoisotopic (exact) mass is 285 g/mol. The second-order valence-electron chi connectivity index (χ2n) is 4.87. The van der Waals surface area contributed by atoms with E-state index in [0.717, 1.165) is 22.9 Å². The highest BCUT2D eigenvalue weighted by molar-refractivity contribution is 7.98. The van der Waals surface area contributed by atoms with Gasteiger partial charge in [0.1, 0.15) is 5.75 Å². The van der Waals surface area contributed by atoms with Gasteiger partial charge in [0, 0.05) is 23.3 Å². The molecule has 20 heavy (non-hydrogen) atoms. The van der Waals surface area contributed by atoms with Crippen LogP contribution in [0.5, 0.6) is 5.75 Å². The lowest BCUT2D eigenvalue weighted by Crippen LogP contribution is -2.18. The van der Waals surface area contributed by atoms with Crippen LogP contribution in [0.1, 0.15) is 24.1 Å². The number of anilines is 1. The third-order valence-electron chi connectivity index (χ3n) is 3.46. The number of ether oxygens (including phenoxy) is 1. The van der Waals surface area contributed by atoms with Gasteiger partial charge >= 0.3 is 0 Å². The predicted molar refractivity (Wildman–Crippen MR) is 86.6 cm³/mol. The average molecular weight is 285 g/mol. The first kappa shape index (κ1) is 13.4. The summed E-state index contributed by atoms with van der Waals surface area (Å²) in [7, 11) is 0. The van der Waals surface area contributed by atoms with Crippen LogP contribution in [-0.4, -0.2) is 12.4 Å². The second kappa shape index (κ2) is 6.23. The van der Waals surface area contributed by atoms with Crippen molar-refractivity contribution in [1.29, 1.82) is 0 Å². The smallest absolute Gasteiger partial charge is 0.121 e. The molecule has 0 saturated heterocycles. The second-order valence-corrected chi connectivity index (χ2v) is 5.90. The molecule has 0 aliphatic carbocycles. The van der Waals surface area contributed by atoms with E-state index in [1.165, 1.54) is 11.1 Å². The molecule has 2 aromatic carbocycles. The van der Waals surface area contributed by atoms with Crippen molar-refractivity contribution in [3.05, 3.63) is 59.7 Å². The maximum Gasteiger partial charge on any atom is 0.121 e. The molecular weight excluding hydrogens is 266 g/mol. The van der Waals surface area contributed by atoms with Crippen molar-refractivity contribution in [3.8, 4) is 5.75 Å². The van der Waals surface area contributed by atoms with E-state index in [0.29, 0.717) is 12.6 Å². The van der Waals surface area contributed by atoms with Gasteiger partial charge in [0.25, 0.3) is 0 Å². The Morgan fingerprint density at radius 2 is 2.10 bits per heavy atom. The summed E-state index contributed by atoms with van der Waals surface area (Å²) >= 11 is 1.99. The molecule has 0 bridgehead atoms. The predicted octanol–water partition coefficient (Wildman–Crippen LogP) is 4.49. The van der Waals surface area contributed by atoms with Crippen molar-refractivity contribution in [2.24, 2.45) is 0 Å². The Bertz CT molecular complexity index is 585. The summed E-state index contributed by atoms with van der Waals surface area (Å²) in [6.07, 6.45) is 0. The van der Waals surface area contributed by atoms with Crippen LogP contribution in [0.2, 0.25) is 0 Å². The van der Waals surface area contributed by atoms with E-state index in [4.69, 9.17) is 4.74 Å². The lowest BCUT2D eigenvalue weighted by atomic mass is 10.0. The number of nitrogens with one attached hydrogen (secondary N) is 1. The normalized spacial score (nSPS) is 17.4. The van der Waals surface area contributed by atoms with E-state index in [1.54, 1.807) is 0 Å². The first-order valence-electron chi connectivity index (χ1n) is 7.02. The maximum absolute atomic E-state index is 5.56. The lowest BCUT2D eigenvalue weighted by Gasteiger charge is -2.27. The third kappa shape index (κ3) is 2.93. The zero-order valence-corrected chi connectivity index (χ0v) is 12.5. The molecule has 104 valence electrons. The number of benzene rings is 2. The molecule has 0 amide bonds. The van der Waals surface area contributed by atoms with Crippen molar-refractivity contribution < 1.29 is 4.74 Å². The third-order valence-corrected chi connectivity index (χ3v) is 4.54. The van der Waals surface area contributed by atoms with Gasteiger partial charge in [-0.2, -0.15) is 11.8 Å². The largest absolute Gasteiger partial charge is 0.494 e. The Kier molecular flexibility index (Phi) is 4.16. The van der Waals surface area contributed by atoms with Crippen molar-refractivity contribution in [1.82, 2.24) is 0 Å². The zero-order valence-electron chi connectivity index (χ0n) is 11.6. The van der Waals surface area contributed by atoms with Gasteiger partial charge in [0.15, 0.2) is 0 Å². The van der Waals surface area contributed by atoms with Gasteiger partial charge in [-0.1, -0.05) is 30.3 Å². The highest BCUT2D eigenvalue weighted by Gasteiger charge is 2.19. The molecule has 2 aromatic rings. The number of rotatable bonds is 4. The minimum Gasteiger partial charge on any atom is -0.494 e. The molecule has 3 rings (SSSR count). The van der Waals surface area contributed by atoms with Gasteiger partial charge in [0.05, 0.1) is 12.6 Å². The quantitative estimate of drug-likeness (QED) is 0.894. The molecule has 0 radical (unpaired) electrons. The van der Waals surface area contributed by atoms with Crippen LogP contribution >= 0.6 is 11.8 Å². The standard InChI is InChI=1S/C17H19NOS/c1-2-19-15-8-5-7-14(10-15)18-17-12-20-11-13-6-3-4-9-16(13)17/h3-10,17-18H,2,11-12H2,1H3. The molecule has 3 heteroatoms. The van der Waals surface area contributed by atoms with Crippen LogP contribution in [0.25, 0.3) is 0 Å². The molecule has 1 aliphatic heterocycles. The fraction of sp³-hybridized carbons (Fsp3) is 0.294. The van der Waals surface area contributed by atoms with E-state index in [-0.39, 0.29) is 0 Å². The van der Waals surface area contributed by atoms with Gasteiger partial charge in [-0.15, -0.1) is 0 Å². The Hall–Kier alpha value is -1.61. The summed E-state index contributed by atoms with van der Waals surface area (Å²) in [5.41, 5.74) is 3.99. The molecule has 1 N–H and O–H groups in total. The van der Waals surface area contributed by atoms with Crippen LogP contribution in [0.15, 0.2) is 48.5 Å².